The molecule has 2 aliphatic rings. The summed E-state index contributed by atoms with van der Waals surface area (Å²) in [5.41, 5.74) is 0. The summed E-state index contributed by atoms with van der Waals surface area (Å²) in [6, 6.07) is -0.351. The largest absolute Gasteiger partial charge is 0.340 e. The van der Waals surface area contributed by atoms with Gasteiger partial charge in [0.05, 0.1) is 19.0 Å². The predicted molar refractivity (Wildman–Crippen MR) is 68.4 cm³/mol. The fraction of sp³-hybridized carbons (Fsp3) is 0.692. The number of carbonyl (C=O) groups excluding carboxylic acids is 2. The molecule has 3 rings (SSSR count). The van der Waals surface area contributed by atoms with Crippen molar-refractivity contribution in [2.45, 2.75) is 57.7 Å². The Morgan fingerprint density at radius 3 is 2.75 bits per heavy atom. The van der Waals surface area contributed by atoms with Crippen LogP contribution in [0.1, 0.15) is 43.8 Å². The molecule has 2 fully saturated rings. The molecule has 1 aliphatic carbocycles. The third-order valence-electron chi connectivity index (χ3n) is 3.95. The van der Waals surface area contributed by atoms with E-state index >= 15 is 0 Å². The number of hydrogen-bond acceptors (Lipinski definition) is 6. The van der Waals surface area contributed by atoms with Gasteiger partial charge in [-0.15, -0.1) is 0 Å². The van der Waals surface area contributed by atoms with E-state index < -0.39 is 6.04 Å². The van der Waals surface area contributed by atoms with Crippen LogP contribution in [-0.4, -0.2) is 38.9 Å². The molecule has 1 N–H and O–H groups in total. The molecule has 2 amide bonds. The number of aromatic nitrogens is 2. The van der Waals surface area contributed by atoms with Crippen molar-refractivity contribution < 1.29 is 14.1 Å². The highest BCUT2D eigenvalue weighted by molar-refractivity contribution is 6.05. The predicted octanol–water partition coefficient (Wildman–Crippen LogP) is 0.538. The average Bonchev–Trinajstić information content (AvgIpc) is 3.10. The second-order valence-corrected chi connectivity index (χ2v) is 5.41. The number of likely N-dealkylation sites (tertiary alicyclic amines) is 1. The van der Waals surface area contributed by atoms with E-state index in [1.807, 2.05) is 0 Å². The first-order valence-corrected chi connectivity index (χ1v) is 7.03. The Hall–Kier alpha value is -1.76. The number of nitrogens with one attached hydrogen (secondary N) is 1. The van der Waals surface area contributed by atoms with Crippen LogP contribution >= 0.6 is 0 Å². The lowest BCUT2D eigenvalue weighted by molar-refractivity contribution is -0.141. The number of imide groups is 1. The summed E-state index contributed by atoms with van der Waals surface area (Å²) in [5.74, 6) is 0.816. The van der Waals surface area contributed by atoms with E-state index in [1.165, 1.54) is 4.90 Å². The van der Waals surface area contributed by atoms with Crippen LogP contribution in [0.15, 0.2) is 4.52 Å². The maximum absolute atomic E-state index is 12.3. The molecule has 0 radical (unpaired) electrons. The molecule has 1 saturated heterocycles. The molecule has 1 aromatic rings. The lowest BCUT2D eigenvalue weighted by atomic mass is 10.2. The number of amides is 2. The number of rotatable bonds is 4. The highest BCUT2D eigenvalue weighted by Gasteiger charge is 2.42. The molecular formula is C13H18N4O3. The highest BCUT2D eigenvalue weighted by atomic mass is 16.5. The van der Waals surface area contributed by atoms with Crippen molar-refractivity contribution >= 4 is 11.8 Å². The van der Waals surface area contributed by atoms with Crippen LogP contribution in [0.3, 0.4) is 0 Å². The number of hydrogen-bond donors (Lipinski definition) is 1. The van der Waals surface area contributed by atoms with Gasteiger partial charge in [-0.1, -0.05) is 18.0 Å². The van der Waals surface area contributed by atoms with Crippen molar-refractivity contribution in [3.05, 3.63) is 11.7 Å². The summed E-state index contributed by atoms with van der Waals surface area (Å²) in [4.78, 5) is 29.8. The number of aryl methyl sites for hydroxylation is 1. The van der Waals surface area contributed by atoms with Gasteiger partial charge in [-0.2, -0.15) is 4.98 Å². The Morgan fingerprint density at radius 1 is 1.35 bits per heavy atom. The summed E-state index contributed by atoms with van der Waals surface area (Å²) >= 11 is 0. The fourth-order valence-corrected chi connectivity index (χ4v) is 2.98. The Kier molecular flexibility index (Phi) is 3.52. The second kappa shape index (κ2) is 5.32. The summed E-state index contributed by atoms with van der Waals surface area (Å²) in [6.45, 7) is 2.04. The van der Waals surface area contributed by atoms with Gasteiger partial charge in [0, 0.05) is 13.0 Å². The van der Waals surface area contributed by atoms with E-state index in [0.29, 0.717) is 18.3 Å². The molecule has 20 heavy (non-hydrogen) atoms. The number of carbonyl (C=O) groups is 2. The molecule has 108 valence electrons. The van der Waals surface area contributed by atoms with Gasteiger partial charge in [0.1, 0.15) is 0 Å². The quantitative estimate of drug-likeness (QED) is 0.809. The van der Waals surface area contributed by atoms with Crippen molar-refractivity contribution in [3.8, 4) is 0 Å². The monoisotopic (exact) mass is 278 g/mol. The standard InChI is InChI=1S/C13H18N4O3/c1-8-15-11(16-20-8)7-14-10-6-12(18)17(13(10)19)9-4-2-3-5-9/h9-10,14H,2-7H2,1H3. The van der Waals surface area contributed by atoms with Crippen LogP contribution in [-0.2, 0) is 16.1 Å². The lowest BCUT2D eigenvalue weighted by Crippen LogP contribution is -2.42. The van der Waals surface area contributed by atoms with E-state index in [0.717, 1.165) is 25.7 Å². The SMILES string of the molecule is Cc1nc(CNC2CC(=O)N(C3CCCC3)C2=O)no1. The van der Waals surface area contributed by atoms with Crippen LogP contribution in [0.2, 0.25) is 0 Å². The minimum atomic E-state index is -0.457. The second-order valence-electron chi connectivity index (χ2n) is 5.41. The topological polar surface area (TPSA) is 88.3 Å². The first-order chi connectivity index (χ1) is 9.65. The molecule has 7 heteroatoms. The van der Waals surface area contributed by atoms with Gasteiger partial charge in [-0.25, -0.2) is 0 Å². The van der Waals surface area contributed by atoms with E-state index in [1.54, 1.807) is 6.92 Å². The maximum atomic E-state index is 12.3. The molecule has 0 bridgehead atoms. The molecule has 1 aromatic heterocycles. The lowest BCUT2D eigenvalue weighted by Gasteiger charge is -2.22. The summed E-state index contributed by atoms with van der Waals surface area (Å²) in [7, 11) is 0. The maximum Gasteiger partial charge on any atom is 0.247 e. The van der Waals surface area contributed by atoms with Crippen LogP contribution in [0.4, 0.5) is 0 Å². The molecule has 1 unspecified atom stereocenters. The normalized spacial score (nSPS) is 24.1. The summed E-state index contributed by atoms with van der Waals surface area (Å²) in [5, 5.41) is 6.81. The van der Waals surface area contributed by atoms with Crippen LogP contribution in [0, 0.1) is 6.92 Å². The zero-order valence-corrected chi connectivity index (χ0v) is 11.5. The molecule has 1 saturated carbocycles. The van der Waals surface area contributed by atoms with E-state index in [4.69, 9.17) is 4.52 Å². The van der Waals surface area contributed by atoms with Gasteiger partial charge >= 0.3 is 0 Å². The van der Waals surface area contributed by atoms with E-state index in [9.17, 15) is 9.59 Å². The van der Waals surface area contributed by atoms with Crippen molar-refractivity contribution in [1.29, 1.82) is 0 Å². The Balaban J connectivity index is 1.60. The summed E-state index contributed by atoms with van der Waals surface area (Å²) in [6.07, 6.45) is 4.30. The molecule has 1 aliphatic heterocycles. The van der Waals surface area contributed by atoms with Gasteiger partial charge in [-0.3, -0.25) is 19.8 Å². The van der Waals surface area contributed by atoms with Gasteiger partial charge in [-0.05, 0) is 12.8 Å². The van der Waals surface area contributed by atoms with E-state index in [2.05, 4.69) is 15.5 Å². The molecule has 0 spiro atoms. The van der Waals surface area contributed by atoms with Gasteiger partial charge < -0.3 is 4.52 Å². The molecule has 0 aromatic carbocycles. The first kappa shape index (κ1) is 13.2. The zero-order valence-electron chi connectivity index (χ0n) is 11.5. The van der Waals surface area contributed by atoms with Crippen molar-refractivity contribution in [2.75, 3.05) is 0 Å². The highest BCUT2D eigenvalue weighted by Crippen LogP contribution is 2.28. The molecular weight excluding hydrogens is 260 g/mol. The van der Waals surface area contributed by atoms with Crippen molar-refractivity contribution in [3.63, 3.8) is 0 Å². The van der Waals surface area contributed by atoms with Gasteiger partial charge in [0.15, 0.2) is 5.82 Å². The zero-order chi connectivity index (χ0) is 14.1. The Bertz CT molecular complexity index is 521. The van der Waals surface area contributed by atoms with E-state index in [-0.39, 0.29) is 24.3 Å². The Morgan fingerprint density at radius 2 is 2.10 bits per heavy atom. The van der Waals surface area contributed by atoms with Crippen LogP contribution in [0.5, 0.6) is 0 Å². The van der Waals surface area contributed by atoms with Crippen molar-refractivity contribution in [1.82, 2.24) is 20.4 Å². The van der Waals surface area contributed by atoms with Crippen LogP contribution < -0.4 is 5.32 Å². The van der Waals surface area contributed by atoms with Crippen LogP contribution in [0.25, 0.3) is 0 Å². The van der Waals surface area contributed by atoms with Crippen molar-refractivity contribution in [2.24, 2.45) is 0 Å². The first-order valence-electron chi connectivity index (χ1n) is 7.03. The molecule has 1 atom stereocenters. The number of nitrogens with zero attached hydrogens (tertiary/aromatic N) is 3. The van der Waals surface area contributed by atoms with Gasteiger partial charge in [0.25, 0.3) is 0 Å². The third-order valence-corrected chi connectivity index (χ3v) is 3.95. The van der Waals surface area contributed by atoms with Gasteiger partial charge in [0.2, 0.25) is 17.7 Å². The third kappa shape index (κ3) is 2.45. The smallest absolute Gasteiger partial charge is 0.247 e. The minimum Gasteiger partial charge on any atom is -0.340 e. The Labute approximate surface area is 116 Å². The minimum absolute atomic E-state index is 0.0660. The summed E-state index contributed by atoms with van der Waals surface area (Å²) < 4.78 is 4.87. The average molecular weight is 278 g/mol. The molecule has 7 nitrogen and oxygen atoms in total. The molecule has 2 heterocycles. The fourth-order valence-electron chi connectivity index (χ4n) is 2.98.